The van der Waals surface area contributed by atoms with Crippen LogP contribution in [0.3, 0.4) is 0 Å². The fourth-order valence-electron chi connectivity index (χ4n) is 3.68. The lowest BCUT2D eigenvalue weighted by Gasteiger charge is -2.26. The van der Waals surface area contributed by atoms with Gasteiger partial charge in [0.2, 0.25) is 5.88 Å². The number of ether oxygens (including phenoxy) is 3. The summed E-state index contributed by atoms with van der Waals surface area (Å²) in [4.78, 5) is 12.4. The van der Waals surface area contributed by atoms with Gasteiger partial charge in [0.25, 0.3) is 0 Å². The Morgan fingerprint density at radius 1 is 1.15 bits per heavy atom. The second kappa shape index (κ2) is 9.39. The number of fused-ring (bicyclic) bond motifs is 1. The van der Waals surface area contributed by atoms with Crippen LogP contribution in [0.5, 0.6) is 17.2 Å². The molecule has 1 unspecified atom stereocenters. The third kappa shape index (κ3) is 4.71. The van der Waals surface area contributed by atoms with Crippen LogP contribution < -0.4 is 19.9 Å². The highest BCUT2D eigenvalue weighted by atomic mass is 79.9. The van der Waals surface area contributed by atoms with E-state index in [4.69, 9.17) is 19.9 Å². The summed E-state index contributed by atoms with van der Waals surface area (Å²) in [6, 6.07) is 20.5. The van der Waals surface area contributed by atoms with E-state index in [0.29, 0.717) is 22.8 Å². The van der Waals surface area contributed by atoms with Gasteiger partial charge in [0.05, 0.1) is 5.92 Å². The lowest BCUT2D eigenvalue weighted by Crippen LogP contribution is -2.21. The molecule has 0 bridgehead atoms. The minimum atomic E-state index is -0.544. The number of halogens is 1. The summed E-state index contributed by atoms with van der Waals surface area (Å²) in [5.74, 6) is 0.465. The SMILES string of the molecule is Cc1cccc(OCC(=O)Oc2ccc3c(c2)OC(N)=C(C#N)C3c2ccc(Br)cc2)c1C. The lowest BCUT2D eigenvalue weighted by molar-refractivity contribution is -0.136. The van der Waals surface area contributed by atoms with Gasteiger partial charge in [0.15, 0.2) is 6.61 Å². The standard InChI is InChI=1S/C26H21BrN2O4/c1-15-4-3-5-22(16(15)2)31-14-24(30)32-19-10-11-20-23(12-19)33-26(29)21(13-28)25(20)17-6-8-18(27)9-7-17/h3-12,25H,14,29H2,1-2H3. The van der Waals surface area contributed by atoms with E-state index in [1.54, 1.807) is 18.2 Å². The second-order valence-electron chi connectivity index (χ2n) is 7.64. The third-order valence-corrected chi connectivity index (χ3v) is 6.05. The molecule has 0 saturated carbocycles. The van der Waals surface area contributed by atoms with Gasteiger partial charge in [-0.15, -0.1) is 0 Å². The first-order chi connectivity index (χ1) is 15.9. The number of nitrogens with zero attached hydrogens (tertiary/aromatic N) is 1. The summed E-state index contributed by atoms with van der Waals surface area (Å²) >= 11 is 3.43. The quantitative estimate of drug-likeness (QED) is 0.375. The largest absolute Gasteiger partial charge is 0.482 e. The van der Waals surface area contributed by atoms with Crippen LogP contribution in [0.1, 0.15) is 28.2 Å². The van der Waals surface area contributed by atoms with E-state index < -0.39 is 5.97 Å². The number of hydrogen-bond acceptors (Lipinski definition) is 6. The molecule has 0 aliphatic carbocycles. The first kappa shape index (κ1) is 22.4. The van der Waals surface area contributed by atoms with Crippen LogP contribution in [-0.4, -0.2) is 12.6 Å². The van der Waals surface area contributed by atoms with Crippen molar-refractivity contribution in [2.24, 2.45) is 5.73 Å². The molecule has 0 aromatic heterocycles. The second-order valence-corrected chi connectivity index (χ2v) is 8.55. The Morgan fingerprint density at radius 3 is 2.64 bits per heavy atom. The van der Waals surface area contributed by atoms with Crippen molar-refractivity contribution in [3.63, 3.8) is 0 Å². The first-order valence-corrected chi connectivity index (χ1v) is 11.0. The molecule has 33 heavy (non-hydrogen) atoms. The van der Waals surface area contributed by atoms with E-state index in [9.17, 15) is 10.1 Å². The summed E-state index contributed by atoms with van der Waals surface area (Å²) in [6.45, 7) is 3.68. The number of benzene rings is 3. The molecular formula is C26H21BrN2O4. The minimum Gasteiger partial charge on any atom is -0.482 e. The number of hydrogen-bond donors (Lipinski definition) is 1. The fraction of sp³-hybridized carbons (Fsp3) is 0.154. The number of carbonyl (C=O) groups excluding carboxylic acids is 1. The Labute approximate surface area is 200 Å². The molecule has 3 aromatic rings. The zero-order chi connectivity index (χ0) is 23.5. The fourth-order valence-corrected chi connectivity index (χ4v) is 3.94. The van der Waals surface area contributed by atoms with E-state index >= 15 is 0 Å². The van der Waals surface area contributed by atoms with Crippen molar-refractivity contribution in [2.45, 2.75) is 19.8 Å². The summed E-state index contributed by atoms with van der Waals surface area (Å²) in [5, 5.41) is 9.68. The van der Waals surface area contributed by atoms with Gasteiger partial charge in [-0.2, -0.15) is 5.26 Å². The molecule has 166 valence electrons. The first-order valence-electron chi connectivity index (χ1n) is 10.2. The molecular weight excluding hydrogens is 484 g/mol. The highest BCUT2D eigenvalue weighted by molar-refractivity contribution is 9.10. The van der Waals surface area contributed by atoms with Crippen molar-refractivity contribution in [1.29, 1.82) is 5.26 Å². The number of carbonyl (C=O) groups is 1. The predicted molar refractivity (Wildman–Crippen MR) is 127 cm³/mol. The van der Waals surface area contributed by atoms with Gasteiger partial charge in [-0.3, -0.25) is 0 Å². The molecule has 3 aromatic carbocycles. The van der Waals surface area contributed by atoms with Gasteiger partial charge in [0.1, 0.15) is 28.9 Å². The molecule has 0 fully saturated rings. The van der Waals surface area contributed by atoms with Gasteiger partial charge in [-0.25, -0.2) is 4.79 Å². The molecule has 1 atom stereocenters. The molecule has 0 spiro atoms. The Kier molecular flexibility index (Phi) is 6.38. The molecule has 6 nitrogen and oxygen atoms in total. The van der Waals surface area contributed by atoms with Crippen molar-refractivity contribution in [3.05, 3.63) is 98.8 Å². The summed E-state index contributed by atoms with van der Waals surface area (Å²) in [5.41, 5.74) is 10.1. The summed E-state index contributed by atoms with van der Waals surface area (Å²) in [7, 11) is 0. The molecule has 1 aliphatic rings. The zero-order valence-corrected chi connectivity index (χ0v) is 19.7. The number of nitriles is 1. The molecule has 0 radical (unpaired) electrons. The summed E-state index contributed by atoms with van der Waals surface area (Å²) < 4.78 is 17.7. The Morgan fingerprint density at radius 2 is 1.91 bits per heavy atom. The number of esters is 1. The van der Waals surface area contributed by atoms with Gasteiger partial charge in [-0.1, -0.05) is 46.3 Å². The van der Waals surface area contributed by atoms with E-state index in [0.717, 1.165) is 26.7 Å². The van der Waals surface area contributed by atoms with Crippen LogP contribution in [-0.2, 0) is 4.79 Å². The Balaban J connectivity index is 1.54. The lowest BCUT2D eigenvalue weighted by atomic mass is 9.83. The van der Waals surface area contributed by atoms with Crippen LogP contribution in [0.2, 0.25) is 0 Å². The normalized spacial score (nSPS) is 14.7. The minimum absolute atomic E-state index is 0.0275. The molecule has 4 rings (SSSR count). The van der Waals surface area contributed by atoms with Gasteiger partial charge < -0.3 is 19.9 Å². The van der Waals surface area contributed by atoms with Crippen molar-refractivity contribution in [2.75, 3.05) is 6.61 Å². The summed E-state index contributed by atoms with van der Waals surface area (Å²) in [6.07, 6.45) is 0. The highest BCUT2D eigenvalue weighted by Crippen LogP contribution is 2.43. The number of nitrogens with two attached hydrogens (primary N) is 1. The van der Waals surface area contributed by atoms with E-state index in [2.05, 4.69) is 22.0 Å². The molecule has 7 heteroatoms. The average Bonchev–Trinajstić information content (AvgIpc) is 2.79. The monoisotopic (exact) mass is 504 g/mol. The number of allylic oxidation sites excluding steroid dienone is 1. The van der Waals surface area contributed by atoms with Crippen LogP contribution in [0.15, 0.2) is 76.6 Å². The number of aryl methyl sites for hydroxylation is 1. The number of rotatable bonds is 5. The van der Waals surface area contributed by atoms with E-state index in [1.165, 1.54) is 0 Å². The maximum Gasteiger partial charge on any atom is 0.349 e. The van der Waals surface area contributed by atoms with Gasteiger partial charge >= 0.3 is 5.97 Å². The molecule has 0 saturated heterocycles. The van der Waals surface area contributed by atoms with Crippen LogP contribution in [0, 0.1) is 25.2 Å². The van der Waals surface area contributed by atoms with Crippen molar-refractivity contribution in [1.82, 2.24) is 0 Å². The average molecular weight is 505 g/mol. The van der Waals surface area contributed by atoms with Crippen LogP contribution in [0.4, 0.5) is 0 Å². The Hall–Kier alpha value is -3.76. The van der Waals surface area contributed by atoms with Crippen molar-refractivity contribution in [3.8, 4) is 23.3 Å². The Bertz CT molecular complexity index is 1290. The molecule has 0 amide bonds. The maximum atomic E-state index is 12.4. The van der Waals surface area contributed by atoms with Gasteiger partial charge in [-0.05, 0) is 54.8 Å². The molecule has 1 aliphatic heterocycles. The molecule has 2 N–H and O–H groups in total. The maximum absolute atomic E-state index is 12.4. The van der Waals surface area contributed by atoms with Crippen LogP contribution >= 0.6 is 15.9 Å². The van der Waals surface area contributed by atoms with Gasteiger partial charge in [0, 0.05) is 16.1 Å². The van der Waals surface area contributed by atoms with E-state index in [-0.39, 0.29) is 18.4 Å². The van der Waals surface area contributed by atoms with Crippen molar-refractivity contribution >= 4 is 21.9 Å². The predicted octanol–water partition coefficient (Wildman–Crippen LogP) is 5.27. The smallest absolute Gasteiger partial charge is 0.349 e. The van der Waals surface area contributed by atoms with Crippen LogP contribution in [0.25, 0.3) is 0 Å². The van der Waals surface area contributed by atoms with Crippen molar-refractivity contribution < 1.29 is 19.0 Å². The molecule has 1 heterocycles. The zero-order valence-electron chi connectivity index (χ0n) is 18.1. The topological polar surface area (TPSA) is 94.6 Å². The van der Waals surface area contributed by atoms with E-state index in [1.807, 2.05) is 56.3 Å². The highest BCUT2D eigenvalue weighted by Gasteiger charge is 2.31. The third-order valence-electron chi connectivity index (χ3n) is 5.53.